The Morgan fingerprint density at radius 3 is 1.96 bits per heavy atom. The molecule has 5 nitrogen and oxygen atoms in total. The van der Waals surface area contributed by atoms with Crippen LogP contribution in [0.1, 0.15) is 0 Å². The van der Waals surface area contributed by atoms with Gasteiger partial charge >= 0.3 is 0 Å². The number of para-hydroxylation sites is 2. The first-order valence-corrected chi connectivity index (χ1v) is 17.7. The number of aromatic nitrogens is 3. The first-order chi connectivity index (χ1) is 25.2. The highest BCUT2D eigenvalue weighted by atomic mass is 32.1. The maximum Gasteiger partial charge on any atom is 0.164 e. The van der Waals surface area contributed by atoms with Gasteiger partial charge in [0.05, 0.1) is 0 Å². The first-order valence-electron chi connectivity index (χ1n) is 16.8. The van der Waals surface area contributed by atoms with E-state index in [1.165, 1.54) is 20.2 Å². The molecule has 0 N–H and O–H groups in total. The summed E-state index contributed by atoms with van der Waals surface area (Å²) in [6.45, 7) is 0. The Labute approximate surface area is 295 Å². The molecule has 0 amide bonds. The van der Waals surface area contributed by atoms with Gasteiger partial charge in [-0.1, -0.05) is 103 Å². The van der Waals surface area contributed by atoms with Crippen molar-refractivity contribution < 1.29 is 8.83 Å². The molecule has 0 unspecified atom stereocenters. The van der Waals surface area contributed by atoms with Crippen LogP contribution in [0, 0.1) is 0 Å². The number of nitrogens with zero attached hydrogens (tertiary/aromatic N) is 3. The number of fused-ring (bicyclic) bond motifs is 9. The summed E-state index contributed by atoms with van der Waals surface area (Å²) in [7, 11) is 0. The molecule has 0 saturated heterocycles. The molecule has 4 aromatic heterocycles. The van der Waals surface area contributed by atoms with Crippen molar-refractivity contribution in [1.29, 1.82) is 0 Å². The number of hydrogen-bond donors (Lipinski definition) is 0. The summed E-state index contributed by atoms with van der Waals surface area (Å²) in [6.07, 6.45) is 0. The molecule has 0 spiro atoms. The van der Waals surface area contributed by atoms with E-state index in [-0.39, 0.29) is 0 Å². The van der Waals surface area contributed by atoms with E-state index in [9.17, 15) is 0 Å². The fourth-order valence-electron chi connectivity index (χ4n) is 7.36. The molecule has 0 bridgehead atoms. The maximum atomic E-state index is 6.68. The number of rotatable bonds is 4. The van der Waals surface area contributed by atoms with Gasteiger partial charge in [-0.15, -0.1) is 11.3 Å². The lowest BCUT2D eigenvalue weighted by Crippen LogP contribution is -2.00. The van der Waals surface area contributed by atoms with Crippen molar-refractivity contribution in [2.24, 2.45) is 0 Å². The molecule has 11 rings (SSSR count). The van der Waals surface area contributed by atoms with Crippen LogP contribution in [0.4, 0.5) is 0 Å². The predicted molar refractivity (Wildman–Crippen MR) is 209 cm³/mol. The average Bonchev–Trinajstić information content (AvgIpc) is 3.88. The normalized spacial score (nSPS) is 11.9. The van der Waals surface area contributed by atoms with Crippen molar-refractivity contribution >= 4 is 75.4 Å². The van der Waals surface area contributed by atoms with Crippen molar-refractivity contribution in [3.63, 3.8) is 0 Å². The van der Waals surface area contributed by atoms with Crippen molar-refractivity contribution in [2.75, 3.05) is 0 Å². The fourth-order valence-corrected chi connectivity index (χ4v) is 8.45. The van der Waals surface area contributed by atoms with Crippen LogP contribution in [0.5, 0.6) is 0 Å². The SMILES string of the molecule is c1ccc(-c2nc(-c3ccc4sc5ccccc5c4c3)nc(-c3cccc4oc5c(-c6ccc7c(c6)oc6ccccc67)cccc5c34)n2)cc1. The predicted octanol–water partition coefficient (Wildman–Crippen LogP) is 12.7. The number of hydrogen-bond acceptors (Lipinski definition) is 6. The summed E-state index contributed by atoms with van der Waals surface area (Å²) in [4.78, 5) is 15.3. The summed E-state index contributed by atoms with van der Waals surface area (Å²) < 4.78 is 15.4. The van der Waals surface area contributed by atoms with Crippen molar-refractivity contribution in [1.82, 2.24) is 15.0 Å². The Bertz CT molecular complexity index is 3160. The summed E-state index contributed by atoms with van der Waals surface area (Å²) >= 11 is 1.80. The smallest absolute Gasteiger partial charge is 0.164 e. The third kappa shape index (κ3) is 4.43. The van der Waals surface area contributed by atoms with Gasteiger partial charge in [-0.05, 0) is 54.1 Å². The zero-order chi connectivity index (χ0) is 33.5. The second-order valence-corrected chi connectivity index (χ2v) is 13.8. The molecule has 0 atom stereocenters. The molecular weight excluding hydrogens is 647 g/mol. The lowest BCUT2D eigenvalue weighted by Gasteiger charge is -2.09. The van der Waals surface area contributed by atoms with Crippen LogP contribution >= 0.6 is 11.3 Å². The zero-order valence-corrected chi connectivity index (χ0v) is 27.8. The van der Waals surface area contributed by atoms with Crippen molar-refractivity contribution in [3.8, 4) is 45.3 Å². The summed E-state index contributed by atoms with van der Waals surface area (Å²) in [6, 6.07) is 52.1. The molecule has 51 heavy (non-hydrogen) atoms. The largest absolute Gasteiger partial charge is 0.456 e. The molecule has 11 aromatic rings. The minimum absolute atomic E-state index is 0.594. The third-order valence-electron chi connectivity index (χ3n) is 9.76. The van der Waals surface area contributed by atoms with E-state index in [4.69, 9.17) is 23.8 Å². The molecule has 7 aromatic carbocycles. The van der Waals surface area contributed by atoms with Crippen LogP contribution in [0.3, 0.4) is 0 Å². The molecule has 6 heteroatoms. The van der Waals surface area contributed by atoms with E-state index in [1.54, 1.807) is 11.3 Å². The number of furan rings is 2. The minimum Gasteiger partial charge on any atom is -0.456 e. The second kappa shape index (κ2) is 10.9. The van der Waals surface area contributed by atoms with Crippen LogP contribution in [-0.2, 0) is 0 Å². The van der Waals surface area contributed by atoms with Gasteiger partial charge in [0.15, 0.2) is 17.5 Å². The van der Waals surface area contributed by atoms with Crippen LogP contribution < -0.4 is 0 Å². The van der Waals surface area contributed by atoms with Crippen LogP contribution in [0.25, 0.3) is 109 Å². The Morgan fingerprint density at radius 1 is 0.373 bits per heavy atom. The molecule has 0 aliphatic carbocycles. The van der Waals surface area contributed by atoms with Gasteiger partial charge in [-0.2, -0.15) is 0 Å². The topological polar surface area (TPSA) is 65.0 Å². The standard InChI is InChI=1S/C45H25N3O2S/c1-2-10-26(11-3-1)43-46-44(28-21-23-40-35(24-28)32-13-5-7-19-39(32)51-40)48-45(47-43)34-16-9-18-37-41(34)33-15-8-14-29(42(33)50-37)27-20-22-31-30-12-4-6-17-36(30)49-38(31)25-27/h1-25H. The monoisotopic (exact) mass is 671 g/mol. The second-order valence-electron chi connectivity index (χ2n) is 12.8. The van der Waals surface area contributed by atoms with Crippen molar-refractivity contribution in [3.05, 3.63) is 152 Å². The number of benzene rings is 7. The quantitative estimate of drug-likeness (QED) is 0.186. The Hall–Kier alpha value is -6.63. The van der Waals surface area contributed by atoms with E-state index in [2.05, 4.69) is 91.0 Å². The molecule has 238 valence electrons. The average molecular weight is 672 g/mol. The molecular formula is C45H25N3O2S. The van der Waals surface area contributed by atoms with Gasteiger partial charge in [0.25, 0.3) is 0 Å². The number of thiophene rings is 1. The lowest BCUT2D eigenvalue weighted by atomic mass is 9.99. The summed E-state index contributed by atoms with van der Waals surface area (Å²) in [5.41, 5.74) is 8.09. The van der Waals surface area contributed by atoms with Gasteiger partial charge < -0.3 is 8.83 Å². The van der Waals surface area contributed by atoms with E-state index >= 15 is 0 Å². The molecule has 0 aliphatic rings. The Kier molecular flexibility index (Phi) is 6.05. The molecule has 0 fully saturated rings. The minimum atomic E-state index is 0.594. The Morgan fingerprint density at radius 2 is 1.04 bits per heavy atom. The van der Waals surface area contributed by atoms with Gasteiger partial charge in [-0.3, -0.25) is 0 Å². The van der Waals surface area contributed by atoms with Gasteiger partial charge in [0.2, 0.25) is 0 Å². The summed E-state index contributed by atoms with van der Waals surface area (Å²) in [5, 5.41) is 6.61. The van der Waals surface area contributed by atoms with E-state index in [0.29, 0.717) is 17.5 Å². The molecule has 0 saturated carbocycles. The zero-order valence-electron chi connectivity index (χ0n) is 27.0. The fraction of sp³-hybridized carbons (Fsp3) is 0. The van der Waals surface area contributed by atoms with E-state index < -0.39 is 0 Å². The van der Waals surface area contributed by atoms with Crippen molar-refractivity contribution in [2.45, 2.75) is 0 Å². The van der Waals surface area contributed by atoms with Gasteiger partial charge in [-0.25, -0.2) is 15.0 Å². The van der Waals surface area contributed by atoms with E-state index in [1.807, 2.05) is 60.7 Å². The summed E-state index contributed by atoms with van der Waals surface area (Å²) in [5.74, 6) is 1.84. The highest BCUT2D eigenvalue weighted by Gasteiger charge is 2.20. The van der Waals surface area contributed by atoms with Gasteiger partial charge in [0, 0.05) is 64.0 Å². The van der Waals surface area contributed by atoms with Crippen LogP contribution in [-0.4, -0.2) is 15.0 Å². The lowest BCUT2D eigenvalue weighted by molar-refractivity contribution is 0.668. The van der Waals surface area contributed by atoms with Crippen LogP contribution in [0.15, 0.2) is 160 Å². The molecule has 0 aliphatic heterocycles. The maximum absolute atomic E-state index is 6.68. The van der Waals surface area contributed by atoms with E-state index in [0.717, 1.165) is 71.7 Å². The molecule has 0 radical (unpaired) electrons. The van der Waals surface area contributed by atoms with Crippen LogP contribution in [0.2, 0.25) is 0 Å². The molecule has 4 heterocycles. The highest BCUT2D eigenvalue weighted by Crippen LogP contribution is 2.42. The Balaban J connectivity index is 1.11. The first kappa shape index (κ1) is 28.2. The van der Waals surface area contributed by atoms with Gasteiger partial charge in [0.1, 0.15) is 22.3 Å². The third-order valence-corrected chi connectivity index (χ3v) is 10.9. The highest BCUT2D eigenvalue weighted by molar-refractivity contribution is 7.25.